The minimum absolute atomic E-state index is 0.0616. The van der Waals surface area contributed by atoms with Crippen LogP contribution in [0.25, 0.3) is 0 Å². The van der Waals surface area contributed by atoms with Crippen molar-refractivity contribution in [1.82, 2.24) is 5.32 Å². The molecule has 0 saturated heterocycles. The highest BCUT2D eigenvalue weighted by atomic mass is 19.4. The normalized spacial score (nSPS) is 13.6. The standard InChI is InChI=1S/C13H18F3NO/c1-2-17-8-12(9-18-10-13(14,15)16)11-6-4-3-5-7-11/h3-7,12,17H,2,8-10H2,1H3. The fourth-order valence-corrected chi connectivity index (χ4v) is 1.63. The summed E-state index contributed by atoms with van der Waals surface area (Å²) < 4.78 is 40.8. The number of alkyl halides is 3. The summed E-state index contributed by atoms with van der Waals surface area (Å²) in [5, 5.41) is 3.13. The summed E-state index contributed by atoms with van der Waals surface area (Å²) in [5.41, 5.74) is 0.987. The van der Waals surface area contributed by atoms with Crippen LogP contribution in [0.1, 0.15) is 18.4 Å². The maximum Gasteiger partial charge on any atom is 0.411 e. The maximum atomic E-state index is 12.0. The molecule has 102 valence electrons. The van der Waals surface area contributed by atoms with Gasteiger partial charge in [-0.05, 0) is 12.1 Å². The topological polar surface area (TPSA) is 21.3 Å². The molecule has 1 rings (SSSR count). The quantitative estimate of drug-likeness (QED) is 0.814. The number of ether oxygens (including phenoxy) is 1. The SMILES string of the molecule is CCNCC(COCC(F)(F)F)c1ccccc1. The Labute approximate surface area is 105 Å². The number of likely N-dealkylation sites (N-methyl/N-ethyl adjacent to an activating group) is 1. The van der Waals surface area contributed by atoms with E-state index in [9.17, 15) is 13.2 Å². The Kier molecular flexibility index (Phi) is 6.15. The third-order valence-electron chi connectivity index (χ3n) is 2.50. The third-order valence-corrected chi connectivity index (χ3v) is 2.50. The molecule has 0 aromatic heterocycles. The Bertz CT molecular complexity index is 327. The van der Waals surface area contributed by atoms with E-state index in [-0.39, 0.29) is 12.5 Å². The summed E-state index contributed by atoms with van der Waals surface area (Å²) in [6, 6.07) is 9.43. The maximum absolute atomic E-state index is 12.0. The van der Waals surface area contributed by atoms with Crippen molar-refractivity contribution in [2.75, 3.05) is 26.3 Å². The molecule has 18 heavy (non-hydrogen) atoms. The van der Waals surface area contributed by atoms with Gasteiger partial charge in [0, 0.05) is 12.5 Å². The summed E-state index contributed by atoms with van der Waals surface area (Å²) in [4.78, 5) is 0. The van der Waals surface area contributed by atoms with E-state index in [0.717, 1.165) is 12.1 Å². The molecule has 0 fully saturated rings. The van der Waals surface area contributed by atoms with Crippen molar-refractivity contribution in [3.63, 3.8) is 0 Å². The van der Waals surface area contributed by atoms with Gasteiger partial charge in [-0.15, -0.1) is 0 Å². The molecular weight excluding hydrogens is 243 g/mol. The van der Waals surface area contributed by atoms with Gasteiger partial charge in [0.2, 0.25) is 0 Å². The van der Waals surface area contributed by atoms with E-state index in [0.29, 0.717) is 6.54 Å². The summed E-state index contributed by atoms with van der Waals surface area (Å²) in [6.07, 6.45) is -4.26. The summed E-state index contributed by atoms with van der Waals surface area (Å²) >= 11 is 0. The van der Waals surface area contributed by atoms with E-state index >= 15 is 0 Å². The van der Waals surface area contributed by atoms with Gasteiger partial charge in [-0.3, -0.25) is 0 Å². The van der Waals surface area contributed by atoms with E-state index in [1.165, 1.54) is 0 Å². The van der Waals surface area contributed by atoms with Gasteiger partial charge in [0.1, 0.15) is 6.61 Å². The van der Waals surface area contributed by atoms with E-state index in [4.69, 9.17) is 4.74 Å². The fourth-order valence-electron chi connectivity index (χ4n) is 1.63. The van der Waals surface area contributed by atoms with Crippen LogP contribution >= 0.6 is 0 Å². The second-order valence-electron chi connectivity index (χ2n) is 4.05. The molecule has 0 aliphatic carbocycles. The lowest BCUT2D eigenvalue weighted by molar-refractivity contribution is -0.174. The molecule has 1 unspecified atom stereocenters. The average molecular weight is 261 g/mol. The second kappa shape index (κ2) is 7.38. The van der Waals surface area contributed by atoms with Crippen LogP contribution in [0.4, 0.5) is 13.2 Å². The first-order valence-electron chi connectivity index (χ1n) is 5.93. The highest BCUT2D eigenvalue weighted by molar-refractivity contribution is 5.19. The van der Waals surface area contributed by atoms with Gasteiger partial charge >= 0.3 is 6.18 Å². The van der Waals surface area contributed by atoms with Crippen LogP contribution in [-0.2, 0) is 4.74 Å². The van der Waals surface area contributed by atoms with Gasteiger partial charge in [0.05, 0.1) is 6.61 Å². The molecule has 1 atom stereocenters. The van der Waals surface area contributed by atoms with Crippen molar-refractivity contribution in [3.05, 3.63) is 35.9 Å². The Morgan fingerprint density at radius 3 is 2.44 bits per heavy atom. The van der Waals surface area contributed by atoms with Crippen LogP contribution in [0.3, 0.4) is 0 Å². The monoisotopic (exact) mass is 261 g/mol. The van der Waals surface area contributed by atoms with E-state index in [1.807, 2.05) is 37.3 Å². The fraction of sp³-hybridized carbons (Fsp3) is 0.538. The number of nitrogens with one attached hydrogen (secondary N) is 1. The Balaban J connectivity index is 2.51. The van der Waals surface area contributed by atoms with E-state index in [2.05, 4.69) is 5.32 Å². The van der Waals surface area contributed by atoms with Crippen LogP contribution in [0.2, 0.25) is 0 Å². The lowest BCUT2D eigenvalue weighted by Gasteiger charge is -2.18. The predicted molar refractivity (Wildman–Crippen MR) is 64.6 cm³/mol. The highest BCUT2D eigenvalue weighted by Gasteiger charge is 2.28. The van der Waals surface area contributed by atoms with Crippen LogP contribution < -0.4 is 5.32 Å². The van der Waals surface area contributed by atoms with Gasteiger partial charge in [-0.25, -0.2) is 0 Å². The molecule has 0 amide bonds. The molecule has 1 aromatic rings. The first kappa shape index (κ1) is 15.0. The molecule has 0 radical (unpaired) electrons. The lowest BCUT2D eigenvalue weighted by Crippen LogP contribution is -2.26. The first-order valence-corrected chi connectivity index (χ1v) is 5.93. The van der Waals surface area contributed by atoms with Crippen LogP contribution in [0.15, 0.2) is 30.3 Å². The molecule has 2 nitrogen and oxygen atoms in total. The third kappa shape index (κ3) is 6.02. The molecule has 1 N–H and O–H groups in total. The zero-order valence-electron chi connectivity index (χ0n) is 10.3. The Morgan fingerprint density at radius 2 is 1.89 bits per heavy atom. The Hall–Kier alpha value is -1.07. The molecular formula is C13H18F3NO. The van der Waals surface area contributed by atoms with Crippen molar-refractivity contribution in [1.29, 1.82) is 0 Å². The largest absolute Gasteiger partial charge is 0.411 e. The molecule has 0 aliphatic heterocycles. The number of halogens is 3. The summed E-state index contributed by atoms with van der Waals surface area (Å²) in [5.74, 6) is -0.0616. The minimum Gasteiger partial charge on any atom is -0.371 e. The van der Waals surface area contributed by atoms with Gasteiger partial charge in [0.15, 0.2) is 0 Å². The number of rotatable bonds is 7. The number of hydrogen-bond donors (Lipinski definition) is 1. The van der Waals surface area contributed by atoms with Crippen LogP contribution in [0.5, 0.6) is 0 Å². The summed E-state index contributed by atoms with van der Waals surface area (Å²) in [6.45, 7) is 2.22. The van der Waals surface area contributed by atoms with E-state index < -0.39 is 12.8 Å². The van der Waals surface area contributed by atoms with Gasteiger partial charge in [0.25, 0.3) is 0 Å². The number of benzene rings is 1. The van der Waals surface area contributed by atoms with Crippen LogP contribution in [-0.4, -0.2) is 32.5 Å². The molecule has 0 bridgehead atoms. The zero-order chi connectivity index (χ0) is 13.4. The van der Waals surface area contributed by atoms with E-state index in [1.54, 1.807) is 0 Å². The van der Waals surface area contributed by atoms with Crippen molar-refractivity contribution < 1.29 is 17.9 Å². The van der Waals surface area contributed by atoms with Crippen molar-refractivity contribution in [2.24, 2.45) is 0 Å². The van der Waals surface area contributed by atoms with Crippen LogP contribution in [0, 0.1) is 0 Å². The van der Waals surface area contributed by atoms with Gasteiger partial charge in [-0.1, -0.05) is 37.3 Å². The molecule has 0 heterocycles. The predicted octanol–water partition coefficient (Wildman–Crippen LogP) is 2.96. The van der Waals surface area contributed by atoms with Gasteiger partial charge in [-0.2, -0.15) is 13.2 Å². The molecule has 0 aliphatic rings. The number of hydrogen-bond acceptors (Lipinski definition) is 2. The average Bonchev–Trinajstić information content (AvgIpc) is 2.33. The van der Waals surface area contributed by atoms with Crippen molar-refractivity contribution >= 4 is 0 Å². The first-order chi connectivity index (χ1) is 8.53. The zero-order valence-corrected chi connectivity index (χ0v) is 10.3. The van der Waals surface area contributed by atoms with Crippen molar-refractivity contribution in [3.8, 4) is 0 Å². The molecule has 0 spiro atoms. The molecule has 1 aromatic carbocycles. The second-order valence-corrected chi connectivity index (χ2v) is 4.05. The van der Waals surface area contributed by atoms with Gasteiger partial charge < -0.3 is 10.1 Å². The minimum atomic E-state index is -4.26. The smallest absolute Gasteiger partial charge is 0.371 e. The molecule has 5 heteroatoms. The summed E-state index contributed by atoms with van der Waals surface area (Å²) in [7, 11) is 0. The van der Waals surface area contributed by atoms with Crippen molar-refractivity contribution in [2.45, 2.75) is 19.0 Å². The highest BCUT2D eigenvalue weighted by Crippen LogP contribution is 2.18. The molecule has 0 saturated carbocycles. The Morgan fingerprint density at radius 1 is 1.22 bits per heavy atom. The lowest BCUT2D eigenvalue weighted by atomic mass is 10.00.